The summed E-state index contributed by atoms with van der Waals surface area (Å²) in [6.07, 6.45) is -5.16. The molecule has 1 saturated heterocycles. The molecule has 1 N–H and O–H groups in total. The predicted molar refractivity (Wildman–Crippen MR) is 53.7 cm³/mol. The van der Waals surface area contributed by atoms with E-state index in [4.69, 9.17) is 5.11 Å². The summed E-state index contributed by atoms with van der Waals surface area (Å²) in [4.78, 5) is 13.4. The van der Waals surface area contributed by atoms with Gasteiger partial charge in [0, 0.05) is 19.1 Å². The van der Waals surface area contributed by atoms with Crippen molar-refractivity contribution in [2.24, 2.45) is 11.8 Å². The van der Waals surface area contributed by atoms with Crippen LogP contribution in [0.2, 0.25) is 0 Å². The highest BCUT2D eigenvalue weighted by Crippen LogP contribution is 2.49. The van der Waals surface area contributed by atoms with E-state index in [9.17, 15) is 18.0 Å². The number of carbonyl (C=O) groups is 1. The third kappa shape index (κ3) is 2.48. The van der Waals surface area contributed by atoms with Crippen molar-refractivity contribution < 1.29 is 23.1 Å². The number of likely N-dealkylation sites (tertiary alicyclic amines) is 1. The van der Waals surface area contributed by atoms with E-state index in [0.717, 1.165) is 0 Å². The van der Waals surface area contributed by atoms with Crippen molar-refractivity contribution in [3.63, 3.8) is 0 Å². The number of nitrogens with zero attached hydrogens (tertiary/aromatic N) is 2. The first-order valence-corrected chi connectivity index (χ1v) is 5.62. The van der Waals surface area contributed by atoms with Crippen molar-refractivity contribution in [2.75, 3.05) is 26.2 Å². The maximum atomic E-state index is 12.3. The van der Waals surface area contributed by atoms with Crippen LogP contribution in [0.5, 0.6) is 0 Å². The Morgan fingerprint density at radius 3 is 2.29 bits per heavy atom. The molecule has 0 radical (unpaired) electrons. The van der Waals surface area contributed by atoms with Crippen LogP contribution in [0.25, 0.3) is 0 Å². The first-order valence-electron chi connectivity index (χ1n) is 5.62. The second-order valence-corrected chi connectivity index (χ2v) is 4.68. The van der Waals surface area contributed by atoms with E-state index >= 15 is 0 Å². The van der Waals surface area contributed by atoms with Crippen molar-refractivity contribution in [3.8, 4) is 0 Å². The number of carboxylic acid groups (broad SMARTS) is 1. The molecule has 4 nitrogen and oxygen atoms in total. The summed E-state index contributed by atoms with van der Waals surface area (Å²) in [5, 5.41) is 8.75. The van der Waals surface area contributed by atoms with Gasteiger partial charge in [0.15, 0.2) is 0 Å². The van der Waals surface area contributed by atoms with Gasteiger partial charge in [-0.2, -0.15) is 13.2 Å². The Balaban J connectivity index is 1.89. The lowest BCUT2D eigenvalue weighted by molar-refractivity contribution is -0.147. The third-order valence-corrected chi connectivity index (χ3v) is 3.63. The molecule has 1 heterocycles. The summed E-state index contributed by atoms with van der Waals surface area (Å²) in [7, 11) is 0. The van der Waals surface area contributed by atoms with Gasteiger partial charge in [-0.25, -0.2) is 4.79 Å². The fourth-order valence-corrected chi connectivity index (χ4v) is 2.85. The molecular formula is C10H15F3N2O2. The van der Waals surface area contributed by atoms with Crippen LogP contribution in [0.4, 0.5) is 18.0 Å². The highest BCUT2D eigenvalue weighted by Gasteiger charge is 2.59. The van der Waals surface area contributed by atoms with Crippen LogP contribution in [0.1, 0.15) is 6.92 Å². The molecule has 1 amide bonds. The van der Waals surface area contributed by atoms with Gasteiger partial charge < -0.3 is 10.0 Å². The first kappa shape index (κ1) is 12.5. The monoisotopic (exact) mass is 252 g/mol. The second kappa shape index (κ2) is 4.04. The van der Waals surface area contributed by atoms with Gasteiger partial charge in [-0.3, -0.25) is 4.90 Å². The Morgan fingerprint density at radius 1 is 1.41 bits per heavy atom. The van der Waals surface area contributed by atoms with Crippen molar-refractivity contribution in [2.45, 2.75) is 19.1 Å². The normalized spacial score (nSPS) is 31.8. The molecule has 1 aliphatic heterocycles. The minimum absolute atomic E-state index is 0.0859. The quantitative estimate of drug-likeness (QED) is 0.827. The van der Waals surface area contributed by atoms with Crippen LogP contribution < -0.4 is 0 Å². The summed E-state index contributed by atoms with van der Waals surface area (Å²) in [5.74, 6) is 0.182. The fraction of sp³-hybridized carbons (Fsp3) is 0.900. The van der Waals surface area contributed by atoms with Crippen molar-refractivity contribution in [1.82, 2.24) is 9.80 Å². The molecule has 3 atom stereocenters. The van der Waals surface area contributed by atoms with Gasteiger partial charge in [0.1, 0.15) is 0 Å². The number of fused-ring (bicyclic) bond motifs is 1. The molecule has 2 fully saturated rings. The maximum Gasteiger partial charge on any atom is 0.407 e. The number of hydrogen-bond acceptors (Lipinski definition) is 2. The third-order valence-electron chi connectivity index (χ3n) is 3.63. The Bertz CT molecular complexity index is 309. The van der Waals surface area contributed by atoms with Crippen LogP contribution >= 0.6 is 0 Å². The second-order valence-electron chi connectivity index (χ2n) is 4.68. The molecule has 0 aromatic rings. The van der Waals surface area contributed by atoms with Gasteiger partial charge in [0.05, 0.1) is 6.54 Å². The number of halogens is 3. The van der Waals surface area contributed by atoms with E-state index in [0.29, 0.717) is 19.6 Å². The molecule has 0 bridgehead atoms. The van der Waals surface area contributed by atoms with Gasteiger partial charge >= 0.3 is 12.3 Å². The summed E-state index contributed by atoms with van der Waals surface area (Å²) in [6.45, 7) is 1.91. The van der Waals surface area contributed by atoms with Crippen LogP contribution in [-0.2, 0) is 0 Å². The molecule has 0 aromatic heterocycles. The first-order chi connectivity index (χ1) is 7.83. The number of hydrogen-bond donors (Lipinski definition) is 1. The van der Waals surface area contributed by atoms with Gasteiger partial charge in [0.2, 0.25) is 0 Å². The summed E-state index contributed by atoms with van der Waals surface area (Å²) >= 11 is 0. The Labute approximate surface area is 97.0 Å². The molecule has 98 valence electrons. The van der Waals surface area contributed by atoms with E-state index in [-0.39, 0.29) is 17.9 Å². The van der Waals surface area contributed by atoms with Crippen molar-refractivity contribution >= 4 is 6.09 Å². The number of amides is 1. The van der Waals surface area contributed by atoms with Crippen LogP contribution in [-0.4, -0.2) is 59.4 Å². The largest absolute Gasteiger partial charge is 0.465 e. The van der Waals surface area contributed by atoms with Crippen LogP contribution in [0.15, 0.2) is 0 Å². The Morgan fingerprint density at radius 2 is 1.94 bits per heavy atom. The molecule has 1 aliphatic carbocycles. The summed E-state index contributed by atoms with van der Waals surface area (Å²) in [5.41, 5.74) is 0. The smallest absolute Gasteiger partial charge is 0.407 e. The molecule has 2 rings (SSSR count). The highest BCUT2D eigenvalue weighted by molar-refractivity contribution is 5.65. The zero-order chi connectivity index (χ0) is 12.8. The lowest BCUT2D eigenvalue weighted by Gasteiger charge is -2.25. The molecule has 0 spiro atoms. The number of alkyl halides is 3. The predicted octanol–water partition coefficient (Wildman–Crippen LogP) is 1.48. The minimum atomic E-state index is -4.18. The van der Waals surface area contributed by atoms with Gasteiger partial charge in [0.25, 0.3) is 0 Å². The Kier molecular flexibility index (Phi) is 2.97. The van der Waals surface area contributed by atoms with Gasteiger partial charge in [-0.15, -0.1) is 0 Å². The van der Waals surface area contributed by atoms with Crippen LogP contribution in [0.3, 0.4) is 0 Å². The topological polar surface area (TPSA) is 43.8 Å². The fourth-order valence-electron chi connectivity index (χ4n) is 2.85. The van der Waals surface area contributed by atoms with E-state index in [2.05, 4.69) is 0 Å². The lowest BCUT2D eigenvalue weighted by Crippen LogP contribution is -2.41. The average molecular weight is 252 g/mol. The van der Waals surface area contributed by atoms with E-state index in [1.165, 1.54) is 9.80 Å². The zero-order valence-corrected chi connectivity index (χ0v) is 9.44. The maximum absolute atomic E-state index is 12.3. The Hall–Kier alpha value is -0.980. The molecule has 0 aromatic carbocycles. The molecule has 17 heavy (non-hydrogen) atoms. The standard InChI is InChI=1S/C10H15F3N2O2/c1-2-14(5-10(11,12)13)8-6-3-15(9(16)17)4-7(6)8/h6-8H,2-5H2,1H3,(H,16,17)/t6-,7+,8-. The molecule has 1 saturated carbocycles. The van der Waals surface area contributed by atoms with E-state index in [1.807, 2.05) is 0 Å². The zero-order valence-electron chi connectivity index (χ0n) is 9.44. The van der Waals surface area contributed by atoms with Crippen molar-refractivity contribution in [3.05, 3.63) is 0 Å². The summed E-state index contributed by atoms with van der Waals surface area (Å²) in [6, 6.07) is -0.0859. The van der Waals surface area contributed by atoms with Gasteiger partial charge in [-0.05, 0) is 18.4 Å². The van der Waals surface area contributed by atoms with E-state index < -0.39 is 18.8 Å². The highest BCUT2D eigenvalue weighted by atomic mass is 19.4. The van der Waals surface area contributed by atoms with Crippen LogP contribution in [0, 0.1) is 11.8 Å². The SMILES string of the molecule is CCN(CC(F)(F)F)[C@@H]1[C@@H]2CN(C(=O)O)C[C@@H]21. The van der Waals surface area contributed by atoms with E-state index in [1.54, 1.807) is 6.92 Å². The molecule has 0 unspecified atom stereocenters. The molecular weight excluding hydrogens is 237 g/mol. The number of rotatable bonds is 3. The average Bonchev–Trinajstić information content (AvgIpc) is 2.68. The van der Waals surface area contributed by atoms with Crippen molar-refractivity contribution in [1.29, 1.82) is 0 Å². The number of piperidine rings is 1. The summed E-state index contributed by atoms with van der Waals surface area (Å²) < 4.78 is 36.9. The minimum Gasteiger partial charge on any atom is -0.465 e. The lowest BCUT2D eigenvalue weighted by atomic mass is 10.3. The van der Waals surface area contributed by atoms with Gasteiger partial charge in [-0.1, -0.05) is 6.92 Å². The molecule has 7 heteroatoms. The molecule has 2 aliphatic rings.